The fourth-order valence-electron chi connectivity index (χ4n) is 1.06. The number of carbonyl (C=O) groups excluding carboxylic acids is 1. The van der Waals surface area contributed by atoms with Crippen LogP contribution in [0.25, 0.3) is 0 Å². The van der Waals surface area contributed by atoms with Gasteiger partial charge in [-0.1, -0.05) is 39.0 Å². The minimum Gasteiger partial charge on any atom is -0.450 e. The van der Waals surface area contributed by atoms with Crippen molar-refractivity contribution in [2.45, 2.75) is 45.4 Å². The Balaban J connectivity index is 0. The summed E-state index contributed by atoms with van der Waals surface area (Å²) in [6.07, 6.45) is 6.49. The van der Waals surface area contributed by atoms with Crippen LogP contribution in [-0.2, 0) is 4.74 Å². The third-order valence-electron chi connectivity index (χ3n) is 1.74. The van der Waals surface area contributed by atoms with Gasteiger partial charge in [-0.3, -0.25) is 0 Å². The van der Waals surface area contributed by atoms with Crippen LogP contribution < -0.4 is 11.9 Å². The molecule has 80 valence electrons. The van der Waals surface area contributed by atoms with Gasteiger partial charge in [-0.25, -0.2) is 4.79 Å². The highest BCUT2D eigenvalue weighted by atomic mass is 16.5. The summed E-state index contributed by atoms with van der Waals surface area (Å²) in [7, 11) is 0. The molecule has 0 saturated carbocycles. The molecule has 0 unspecified atom stereocenters. The first kappa shape index (κ1) is 14.7. The van der Waals surface area contributed by atoms with Gasteiger partial charge in [0.05, 0.1) is 6.61 Å². The zero-order chi connectivity index (χ0) is 9.23. The Kier molecular flexibility index (Phi) is 12.7. The average Bonchev–Trinajstić information content (AvgIpc) is 2.02. The maximum atomic E-state index is 10.1. The molecule has 0 bridgehead atoms. The smallest absolute Gasteiger partial charge is 0.404 e. The molecule has 0 aromatic rings. The molecule has 0 rings (SSSR count). The Morgan fingerprint density at radius 2 is 1.69 bits per heavy atom. The number of amides is 1. The highest BCUT2D eigenvalue weighted by Gasteiger charge is 1.93. The molecule has 0 aromatic carbocycles. The maximum absolute atomic E-state index is 10.1. The number of nitrogens with two attached hydrogens (primary N) is 1. The lowest BCUT2D eigenvalue weighted by atomic mass is 10.1. The largest absolute Gasteiger partial charge is 0.450 e. The van der Waals surface area contributed by atoms with Crippen LogP contribution in [0.15, 0.2) is 0 Å². The summed E-state index contributed by atoms with van der Waals surface area (Å²) in [6.45, 7) is 2.66. The van der Waals surface area contributed by atoms with Gasteiger partial charge in [-0.05, 0) is 6.42 Å². The van der Waals surface area contributed by atoms with E-state index in [1.807, 2.05) is 0 Å². The summed E-state index contributed by atoms with van der Waals surface area (Å²) >= 11 is 0. The van der Waals surface area contributed by atoms with E-state index in [0.717, 1.165) is 12.8 Å². The average molecular weight is 190 g/mol. The number of primary amides is 1. The molecular formula is C9H22N2O2. The molecule has 0 atom stereocenters. The zero-order valence-corrected chi connectivity index (χ0v) is 8.55. The topological polar surface area (TPSA) is 87.3 Å². The first-order valence-electron chi connectivity index (χ1n) is 4.69. The summed E-state index contributed by atoms with van der Waals surface area (Å²) in [5.74, 6) is 0. The van der Waals surface area contributed by atoms with Crippen molar-refractivity contribution in [3.8, 4) is 0 Å². The van der Waals surface area contributed by atoms with Crippen molar-refractivity contribution in [1.82, 2.24) is 6.15 Å². The van der Waals surface area contributed by atoms with Crippen molar-refractivity contribution in [1.29, 1.82) is 0 Å². The summed E-state index contributed by atoms with van der Waals surface area (Å²) in [5, 5.41) is 0. The molecule has 0 fully saturated rings. The SMILES string of the molecule is CCCCCCCCOC(N)=O.N. The first-order chi connectivity index (χ1) is 5.77. The van der Waals surface area contributed by atoms with Crippen molar-refractivity contribution in [3.05, 3.63) is 0 Å². The van der Waals surface area contributed by atoms with Gasteiger partial charge < -0.3 is 16.6 Å². The molecule has 0 aliphatic carbocycles. The molecule has 13 heavy (non-hydrogen) atoms. The molecule has 0 radical (unpaired) electrons. The van der Waals surface area contributed by atoms with Gasteiger partial charge in [0, 0.05) is 0 Å². The molecule has 5 N–H and O–H groups in total. The van der Waals surface area contributed by atoms with Crippen LogP contribution in [0.3, 0.4) is 0 Å². The normalized spacial score (nSPS) is 9.00. The van der Waals surface area contributed by atoms with Gasteiger partial charge in [0.15, 0.2) is 0 Å². The van der Waals surface area contributed by atoms with Gasteiger partial charge in [0.2, 0.25) is 0 Å². The second-order valence-electron chi connectivity index (χ2n) is 2.94. The lowest BCUT2D eigenvalue weighted by Gasteiger charge is -2.00. The Labute approximate surface area is 80.4 Å². The molecule has 1 amide bonds. The molecule has 0 heterocycles. The summed E-state index contributed by atoms with van der Waals surface area (Å²) in [6, 6.07) is 0. The predicted octanol–water partition coefficient (Wildman–Crippen LogP) is 2.60. The van der Waals surface area contributed by atoms with Gasteiger partial charge in [0.25, 0.3) is 0 Å². The fraction of sp³-hybridized carbons (Fsp3) is 0.889. The van der Waals surface area contributed by atoms with Crippen molar-refractivity contribution in [2.24, 2.45) is 5.73 Å². The van der Waals surface area contributed by atoms with Crippen LogP contribution in [0.1, 0.15) is 45.4 Å². The Hall–Kier alpha value is -0.770. The van der Waals surface area contributed by atoms with Gasteiger partial charge in [0.1, 0.15) is 0 Å². The van der Waals surface area contributed by atoms with Crippen LogP contribution >= 0.6 is 0 Å². The number of hydrogen-bond donors (Lipinski definition) is 2. The number of carbonyl (C=O) groups is 1. The van der Waals surface area contributed by atoms with E-state index < -0.39 is 6.09 Å². The molecule has 4 heteroatoms. The fourth-order valence-corrected chi connectivity index (χ4v) is 1.06. The molecule has 0 spiro atoms. The van der Waals surface area contributed by atoms with E-state index in [2.05, 4.69) is 11.7 Å². The van der Waals surface area contributed by atoms with Crippen LogP contribution in [0, 0.1) is 0 Å². The van der Waals surface area contributed by atoms with E-state index in [1.54, 1.807) is 0 Å². The second kappa shape index (κ2) is 11.2. The number of hydrogen-bond acceptors (Lipinski definition) is 3. The molecule has 0 saturated heterocycles. The Bertz CT molecular complexity index is 118. The second-order valence-corrected chi connectivity index (χ2v) is 2.94. The minimum atomic E-state index is -0.663. The van der Waals surface area contributed by atoms with E-state index in [-0.39, 0.29) is 6.15 Å². The van der Waals surface area contributed by atoms with E-state index >= 15 is 0 Å². The lowest BCUT2D eigenvalue weighted by Crippen LogP contribution is -2.13. The van der Waals surface area contributed by atoms with Crippen molar-refractivity contribution in [2.75, 3.05) is 6.61 Å². The van der Waals surface area contributed by atoms with Crippen LogP contribution in [0.4, 0.5) is 4.79 Å². The van der Waals surface area contributed by atoms with Gasteiger partial charge >= 0.3 is 6.09 Å². The molecule has 0 aromatic heterocycles. The van der Waals surface area contributed by atoms with E-state index in [1.165, 1.54) is 25.7 Å². The van der Waals surface area contributed by atoms with Crippen LogP contribution in [0.5, 0.6) is 0 Å². The summed E-state index contributed by atoms with van der Waals surface area (Å²) < 4.78 is 4.59. The highest BCUT2D eigenvalue weighted by molar-refractivity contribution is 5.64. The third-order valence-corrected chi connectivity index (χ3v) is 1.74. The standard InChI is InChI=1S/C9H19NO2.H3N/c1-2-3-4-5-6-7-8-12-9(10)11;/h2-8H2,1H3,(H2,10,11);1H3. The quantitative estimate of drug-likeness (QED) is 0.605. The van der Waals surface area contributed by atoms with Crippen molar-refractivity contribution < 1.29 is 9.53 Å². The highest BCUT2D eigenvalue weighted by Crippen LogP contribution is 2.04. The number of ether oxygens (including phenoxy) is 1. The van der Waals surface area contributed by atoms with Crippen LogP contribution in [0.2, 0.25) is 0 Å². The minimum absolute atomic E-state index is 0. The van der Waals surface area contributed by atoms with E-state index in [9.17, 15) is 4.79 Å². The first-order valence-corrected chi connectivity index (χ1v) is 4.69. The predicted molar refractivity (Wildman–Crippen MR) is 53.9 cm³/mol. The van der Waals surface area contributed by atoms with Gasteiger partial charge in [-0.2, -0.15) is 0 Å². The maximum Gasteiger partial charge on any atom is 0.404 e. The molecule has 0 aliphatic heterocycles. The number of unbranched alkanes of at least 4 members (excludes halogenated alkanes) is 5. The Morgan fingerprint density at radius 3 is 2.23 bits per heavy atom. The zero-order valence-electron chi connectivity index (χ0n) is 8.55. The molecule has 0 aliphatic rings. The molecular weight excluding hydrogens is 168 g/mol. The van der Waals surface area contributed by atoms with Gasteiger partial charge in [-0.15, -0.1) is 0 Å². The van der Waals surface area contributed by atoms with E-state index in [4.69, 9.17) is 5.73 Å². The third kappa shape index (κ3) is 14.1. The number of rotatable bonds is 7. The van der Waals surface area contributed by atoms with Crippen molar-refractivity contribution in [3.63, 3.8) is 0 Å². The lowest BCUT2D eigenvalue weighted by molar-refractivity contribution is 0.154. The van der Waals surface area contributed by atoms with Crippen molar-refractivity contribution >= 4 is 6.09 Å². The van der Waals surface area contributed by atoms with Crippen LogP contribution in [-0.4, -0.2) is 12.7 Å². The monoisotopic (exact) mass is 190 g/mol. The summed E-state index contributed by atoms with van der Waals surface area (Å²) in [5.41, 5.74) is 4.79. The summed E-state index contributed by atoms with van der Waals surface area (Å²) in [4.78, 5) is 10.1. The Morgan fingerprint density at radius 1 is 1.15 bits per heavy atom. The molecule has 4 nitrogen and oxygen atoms in total. The van der Waals surface area contributed by atoms with E-state index in [0.29, 0.717) is 6.61 Å².